The lowest BCUT2D eigenvalue weighted by atomic mass is 10.2. The third-order valence-electron chi connectivity index (χ3n) is 4.39. The number of alkyl carbamates (subject to hydrolysis) is 1. The Morgan fingerprint density at radius 3 is 2.03 bits per heavy atom. The van der Waals surface area contributed by atoms with Gasteiger partial charge < -0.3 is 34.8 Å². The molecular weight excluding hydrogens is 456 g/mol. The number of aromatic nitrogens is 1. The number of carbonyl (C=O) groups excluding carboxylic acids is 2. The Bertz CT molecular complexity index is 736. The number of pyridine rings is 1. The van der Waals surface area contributed by atoms with Crippen LogP contribution in [0, 0.1) is 0 Å². The minimum absolute atomic E-state index is 0.0116. The molecule has 11 nitrogen and oxygen atoms in total. The minimum Gasteiger partial charge on any atom is -0.444 e. The summed E-state index contributed by atoms with van der Waals surface area (Å²) in [7, 11) is 0. The Kier molecular flexibility index (Phi) is 16.0. The molecule has 1 aromatic rings. The van der Waals surface area contributed by atoms with Gasteiger partial charge in [0.15, 0.2) is 18.9 Å². The molecule has 2 amide bonds. The Balaban J connectivity index is 1.84. The molecule has 0 aromatic carbocycles. The highest BCUT2D eigenvalue weighted by Gasteiger charge is 2.15. The van der Waals surface area contributed by atoms with Crippen molar-refractivity contribution in [2.75, 3.05) is 52.7 Å². The van der Waals surface area contributed by atoms with Crippen molar-refractivity contribution in [3.8, 4) is 0 Å². The third-order valence-corrected chi connectivity index (χ3v) is 4.39. The zero-order valence-electron chi connectivity index (χ0n) is 21.2. The maximum absolute atomic E-state index is 11.9. The summed E-state index contributed by atoms with van der Waals surface area (Å²) >= 11 is 0. The fourth-order valence-electron chi connectivity index (χ4n) is 2.71. The summed E-state index contributed by atoms with van der Waals surface area (Å²) in [5, 5.41) is 17.0. The van der Waals surface area contributed by atoms with E-state index in [-0.39, 0.29) is 5.91 Å². The highest BCUT2D eigenvalue weighted by Crippen LogP contribution is 2.06. The molecule has 35 heavy (non-hydrogen) atoms. The molecule has 0 unspecified atom stereocenters. The van der Waals surface area contributed by atoms with Crippen molar-refractivity contribution in [1.82, 2.24) is 10.6 Å². The fraction of sp³-hybridized carbons (Fsp3) is 0.667. The summed E-state index contributed by atoms with van der Waals surface area (Å²) in [6.07, 6.45) is 6.41. The maximum atomic E-state index is 11.9. The number of nitrogens with zero attached hydrogens (tertiary/aromatic N) is 2. The van der Waals surface area contributed by atoms with E-state index >= 15 is 0 Å². The summed E-state index contributed by atoms with van der Waals surface area (Å²) in [6.45, 7) is 10.1. The van der Waals surface area contributed by atoms with Crippen molar-refractivity contribution in [1.29, 1.82) is 0 Å². The van der Waals surface area contributed by atoms with E-state index < -0.39 is 11.7 Å². The second-order valence-corrected chi connectivity index (χ2v) is 8.69. The second-order valence-electron chi connectivity index (χ2n) is 8.69. The summed E-state index contributed by atoms with van der Waals surface area (Å²) in [4.78, 5) is 23.4. The number of hydrogen-bond donors (Lipinski definition) is 3. The fourth-order valence-corrected chi connectivity index (χ4v) is 2.71. The van der Waals surface area contributed by atoms with E-state index in [0.29, 0.717) is 72.1 Å². The molecule has 0 atom stereocenters. The predicted octanol–water partition coefficient (Wildman–Crippen LogP) is 1.64. The first kappa shape index (κ1) is 30.3. The van der Waals surface area contributed by atoms with Gasteiger partial charge in [0.1, 0.15) is 5.60 Å². The SMILES string of the molecule is CC(C)(C)OC(=O)NCCCOCCOCCOCCCNC(=O)CC[n+]1ccc(/C=N/O)cc1. The molecule has 0 aliphatic rings. The van der Waals surface area contributed by atoms with Gasteiger partial charge in [0.05, 0.1) is 39.1 Å². The Morgan fingerprint density at radius 2 is 1.49 bits per heavy atom. The van der Waals surface area contributed by atoms with Gasteiger partial charge >= 0.3 is 6.09 Å². The molecule has 0 radical (unpaired) electrons. The minimum atomic E-state index is -0.496. The van der Waals surface area contributed by atoms with Crippen molar-refractivity contribution in [2.45, 2.75) is 52.2 Å². The second kappa shape index (κ2) is 18.6. The number of rotatable bonds is 18. The van der Waals surface area contributed by atoms with Crippen LogP contribution in [0.15, 0.2) is 29.7 Å². The molecule has 0 saturated carbocycles. The summed E-state index contributed by atoms with van der Waals surface area (Å²) in [5.74, 6) is -0.0116. The molecule has 3 N–H and O–H groups in total. The maximum Gasteiger partial charge on any atom is 0.407 e. The molecule has 0 aliphatic carbocycles. The molecule has 0 saturated heterocycles. The van der Waals surface area contributed by atoms with Crippen LogP contribution in [-0.4, -0.2) is 81.8 Å². The van der Waals surface area contributed by atoms with Crippen LogP contribution in [0.3, 0.4) is 0 Å². The highest BCUT2D eigenvalue weighted by atomic mass is 16.6. The Hall–Kier alpha value is -2.76. The average Bonchev–Trinajstić information content (AvgIpc) is 2.80. The molecule has 1 aromatic heterocycles. The van der Waals surface area contributed by atoms with E-state index in [1.54, 1.807) is 12.1 Å². The van der Waals surface area contributed by atoms with Crippen LogP contribution in [0.4, 0.5) is 4.79 Å². The van der Waals surface area contributed by atoms with Gasteiger partial charge in [0.2, 0.25) is 5.91 Å². The smallest absolute Gasteiger partial charge is 0.407 e. The lowest BCUT2D eigenvalue weighted by molar-refractivity contribution is -0.695. The van der Waals surface area contributed by atoms with Crippen LogP contribution in [0.1, 0.15) is 45.6 Å². The lowest BCUT2D eigenvalue weighted by Crippen LogP contribution is -2.36. The van der Waals surface area contributed by atoms with Gasteiger partial charge in [0.25, 0.3) is 0 Å². The van der Waals surface area contributed by atoms with Crippen LogP contribution >= 0.6 is 0 Å². The van der Waals surface area contributed by atoms with Gasteiger partial charge in [-0.2, -0.15) is 0 Å². The van der Waals surface area contributed by atoms with Crippen molar-refractivity contribution < 1.29 is 38.3 Å². The quantitative estimate of drug-likeness (QED) is 0.0924. The average molecular weight is 498 g/mol. The van der Waals surface area contributed by atoms with Crippen molar-refractivity contribution in [2.24, 2.45) is 5.16 Å². The Morgan fingerprint density at radius 1 is 0.943 bits per heavy atom. The van der Waals surface area contributed by atoms with Gasteiger partial charge in [-0.3, -0.25) is 4.79 Å². The molecule has 1 heterocycles. The number of carbonyl (C=O) groups is 2. The van der Waals surface area contributed by atoms with E-state index in [4.69, 9.17) is 24.2 Å². The van der Waals surface area contributed by atoms with Crippen molar-refractivity contribution in [3.05, 3.63) is 30.1 Å². The Labute approximate surface area is 207 Å². The van der Waals surface area contributed by atoms with Crippen LogP contribution in [0.25, 0.3) is 0 Å². The van der Waals surface area contributed by atoms with Gasteiger partial charge in [-0.05, 0) is 33.6 Å². The topological polar surface area (TPSA) is 132 Å². The first-order valence-corrected chi connectivity index (χ1v) is 11.9. The van der Waals surface area contributed by atoms with Crippen molar-refractivity contribution >= 4 is 18.2 Å². The molecule has 1 rings (SSSR count). The number of aryl methyl sites for hydroxylation is 1. The lowest BCUT2D eigenvalue weighted by Gasteiger charge is -2.19. The largest absolute Gasteiger partial charge is 0.444 e. The van der Waals surface area contributed by atoms with Crippen LogP contribution < -0.4 is 15.2 Å². The molecule has 0 fully saturated rings. The standard InChI is InChI=1S/C24H40N4O7/c1-24(2,3)35-23(30)26-10-5-15-33-17-19-34-18-16-32-14-4-9-25-22(29)8-13-28-11-6-21(7-12-28)20-27-31/h6-7,11-12,20H,4-5,8-10,13-19H2,1-3H3,(H2,25,26,29,30)/p+1. The number of oxime groups is 1. The normalized spacial score (nSPS) is 11.5. The molecule has 11 heteroatoms. The molecule has 0 spiro atoms. The van der Waals surface area contributed by atoms with E-state index in [0.717, 1.165) is 12.0 Å². The number of hydrogen-bond acceptors (Lipinski definition) is 8. The van der Waals surface area contributed by atoms with Crippen LogP contribution in [0.5, 0.6) is 0 Å². The third kappa shape index (κ3) is 18.3. The number of ether oxygens (including phenoxy) is 4. The van der Waals surface area contributed by atoms with Crippen LogP contribution in [0.2, 0.25) is 0 Å². The number of amides is 2. The first-order chi connectivity index (χ1) is 16.8. The van der Waals surface area contributed by atoms with Gasteiger partial charge in [-0.25, -0.2) is 9.36 Å². The van der Waals surface area contributed by atoms with E-state index in [1.807, 2.05) is 37.7 Å². The summed E-state index contributed by atoms with van der Waals surface area (Å²) in [5.41, 5.74) is 0.290. The van der Waals surface area contributed by atoms with Gasteiger partial charge in [-0.15, -0.1) is 0 Å². The summed E-state index contributed by atoms with van der Waals surface area (Å²) < 4.78 is 23.4. The summed E-state index contributed by atoms with van der Waals surface area (Å²) in [6, 6.07) is 3.61. The van der Waals surface area contributed by atoms with E-state index in [9.17, 15) is 9.59 Å². The van der Waals surface area contributed by atoms with Gasteiger partial charge in [-0.1, -0.05) is 5.16 Å². The van der Waals surface area contributed by atoms with Crippen LogP contribution in [-0.2, 0) is 30.3 Å². The number of nitrogens with one attached hydrogen (secondary N) is 2. The first-order valence-electron chi connectivity index (χ1n) is 11.9. The predicted molar refractivity (Wildman–Crippen MR) is 130 cm³/mol. The zero-order chi connectivity index (χ0) is 25.8. The van der Waals surface area contributed by atoms with Crippen molar-refractivity contribution in [3.63, 3.8) is 0 Å². The van der Waals surface area contributed by atoms with Gasteiger partial charge in [0, 0.05) is 44.0 Å². The highest BCUT2D eigenvalue weighted by molar-refractivity contribution is 5.78. The zero-order valence-corrected chi connectivity index (χ0v) is 21.2. The molecule has 0 bridgehead atoms. The molecular formula is C24H41N4O7+. The van der Waals surface area contributed by atoms with E-state index in [1.165, 1.54) is 6.21 Å². The van der Waals surface area contributed by atoms with E-state index in [2.05, 4.69) is 15.8 Å². The monoisotopic (exact) mass is 497 g/mol. The molecule has 198 valence electrons. The molecule has 0 aliphatic heterocycles.